The van der Waals surface area contributed by atoms with Crippen molar-refractivity contribution >= 4 is 31.9 Å². The standard InChI is InChI=1S/C15H23Br2NO2/c1-4-12(18)7-11-8-13(16)15(14(17)9-11)20-6-5-19-10(2)3/h8-10,12H,4-7,18H2,1-3H3. The number of rotatable bonds is 8. The molecule has 2 N–H and O–H groups in total. The molecule has 114 valence electrons. The normalized spacial score (nSPS) is 12.8. The first kappa shape index (κ1) is 18.0. The first-order chi connectivity index (χ1) is 9.43. The van der Waals surface area contributed by atoms with Gasteiger partial charge in [-0.05, 0) is 76.2 Å². The summed E-state index contributed by atoms with van der Waals surface area (Å²) in [5, 5.41) is 0. The van der Waals surface area contributed by atoms with Gasteiger partial charge >= 0.3 is 0 Å². The van der Waals surface area contributed by atoms with Crippen molar-refractivity contribution in [1.29, 1.82) is 0 Å². The maximum absolute atomic E-state index is 5.99. The van der Waals surface area contributed by atoms with Crippen LogP contribution in [0.4, 0.5) is 0 Å². The van der Waals surface area contributed by atoms with Crippen LogP contribution in [0.25, 0.3) is 0 Å². The van der Waals surface area contributed by atoms with E-state index in [1.807, 2.05) is 13.8 Å². The van der Waals surface area contributed by atoms with Crippen molar-refractivity contribution in [1.82, 2.24) is 0 Å². The Morgan fingerprint density at radius 1 is 1.15 bits per heavy atom. The number of halogens is 2. The van der Waals surface area contributed by atoms with Gasteiger partial charge in [0, 0.05) is 6.04 Å². The molecule has 0 saturated heterocycles. The molecule has 1 unspecified atom stereocenters. The predicted molar refractivity (Wildman–Crippen MR) is 90.4 cm³/mol. The topological polar surface area (TPSA) is 44.5 Å². The molecule has 0 saturated carbocycles. The van der Waals surface area contributed by atoms with E-state index in [4.69, 9.17) is 15.2 Å². The Hall–Kier alpha value is -0.100. The summed E-state index contributed by atoms with van der Waals surface area (Å²) in [4.78, 5) is 0. The van der Waals surface area contributed by atoms with Gasteiger partial charge in [-0.1, -0.05) is 6.92 Å². The second-order valence-electron chi connectivity index (χ2n) is 5.03. The first-order valence-corrected chi connectivity index (χ1v) is 8.50. The highest BCUT2D eigenvalue weighted by molar-refractivity contribution is 9.11. The van der Waals surface area contributed by atoms with Crippen LogP contribution in [-0.2, 0) is 11.2 Å². The third kappa shape index (κ3) is 6.12. The third-order valence-corrected chi connectivity index (χ3v) is 4.04. The van der Waals surface area contributed by atoms with E-state index in [9.17, 15) is 0 Å². The van der Waals surface area contributed by atoms with Crippen LogP contribution in [0, 0.1) is 0 Å². The van der Waals surface area contributed by atoms with E-state index < -0.39 is 0 Å². The highest BCUT2D eigenvalue weighted by atomic mass is 79.9. The van der Waals surface area contributed by atoms with Gasteiger partial charge in [0.2, 0.25) is 0 Å². The monoisotopic (exact) mass is 407 g/mol. The Morgan fingerprint density at radius 3 is 2.25 bits per heavy atom. The summed E-state index contributed by atoms with van der Waals surface area (Å²) in [6, 6.07) is 4.33. The van der Waals surface area contributed by atoms with E-state index >= 15 is 0 Å². The van der Waals surface area contributed by atoms with Crippen molar-refractivity contribution in [3.05, 3.63) is 26.6 Å². The minimum absolute atomic E-state index is 0.194. The summed E-state index contributed by atoms with van der Waals surface area (Å²) < 4.78 is 13.1. The zero-order valence-corrected chi connectivity index (χ0v) is 15.5. The van der Waals surface area contributed by atoms with E-state index in [1.165, 1.54) is 5.56 Å². The molecule has 0 aliphatic rings. The summed E-state index contributed by atoms with van der Waals surface area (Å²) in [7, 11) is 0. The van der Waals surface area contributed by atoms with Crippen molar-refractivity contribution in [3.8, 4) is 5.75 Å². The molecule has 0 aliphatic heterocycles. The van der Waals surface area contributed by atoms with Gasteiger partial charge in [-0.3, -0.25) is 0 Å². The van der Waals surface area contributed by atoms with Crippen LogP contribution in [0.3, 0.4) is 0 Å². The largest absolute Gasteiger partial charge is 0.489 e. The average molecular weight is 409 g/mol. The van der Waals surface area contributed by atoms with Crippen molar-refractivity contribution in [2.45, 2.75) is 45.8 Å². The molecular formula is C15H23Br2NO2. The minimum Gasteiger partial charge on any atom is -0.489 e. The maximum atomic E-state index is 5.99. The van der Waals surface area contributed by atoms with Crippen LogP contribution in [0.2, 0.25) is 0 Å². The fourth-order valence-electron chi connectivity index (χ4n) is 1.74. The second kappa shape index (κ2) is 9.03. The van der Waals surface area contributed by atoms with Gasteiger partial charge in [0.15, 0.2) is 0 Å². The second-order valence-corrected chi connectivity index (χ2v) is 6.74. The number of hydrogen-bond acceptors (Lipinski definition) is 3. The van der Waals surface area contributed by atoms with Crippen LogP contribution in [0.15, 0.2) is 21.1 Å². The zero-order chi connectivity index (χ0) is 15.1. The molecule has 0 fully saturated rings. The van der Waals surface area contributed by atoms with Gasteiger partial charge in [-0.25, -0.2) is 0 Å². The summed E-state index contributed by atoms with van der Waals surface area (Å²) in [6.45, 7) is 7.23. The molecule has 1 aromatic carbocycles. The Morgan fingerprint density at radius 2 is 1.75 bits per heavy atom. The zero-order valence-electron chi connectivity index (χ0n) is 12.3. The molecule has 3 nitrogen and oxygen atoms in total. The van der Waals surface area contributed by atoms with E-state index in [0.29, 0.717) is 13.2 Å². The molecule has 5 heteroatoms. The van der Waals surface area contributed by atoms with E-state index in [1.54, 1.807) is 0 Å². The first-order valence-electron chi connectivity index (χ1n) is 6.92. The molecule has 1 atom stereocenters. The Kier molecular flexibility index (Phi) is 8.10. The summed E-state index contributed by atoms with van der Waals surface area (Å²) in [5.74, 6) is 0.811. The summed E-state index contributed by atoms with van der Waals surface area (Å²) in [6.07, 6.45) is 2.06. The quantitative estimate of drug-likeness (QED) is 0.652. The molecule has 20 heavy (non-hydrogen) atoms. The molecule has 0 radical (unpaired) electrons. The molecule has 1 rings (SSSR count). The summed E-state index contributed by atoms with van der Waals surface area (Å²) >= 11 is 7.11. The Balaban J connectivity index is 2.64. The lowest BCUT2D eigenvalue weighted by Crippen LogP contribution is -2.21. The van der Waals surface area contributed by atoms with Crippen molar-refractivity contribution < 1.29 is 9.47 Å². The fraction of sp³-hybridized carbons (Fsp3) is 0.600. The van der Waals surface area contributed by atoms with E-state index in [-0.39, 0.29) is 12.1 Å². The Bertz CT molecular complexity index is 401. The number of ether oxygens (including phenoxy) is 2. The lowest BCUT2D eigenvalue weighted by atomic mass is 10.0. The molecule has 0 heterocycles. The van der Waals surface area contributed by atoms with Crippen molar-refractivity contribution in [3.63, 3.8) is 0 Å². The predicted octanol–water partition coefficient (Wildman–Crippen LogP) is 4.30. The van der Waals surface area contributed by atoms with E-state index in [0.717, 1.165) is 27.5 Å². The number of benzene rings is 1. The van der Waals surface area contributed by atoms with Crippen molar-refractivity contribution in [2.75, 3.05) is 13.2 Å². The lowest BCUT2D eigenvalue weighted by molar-refractivity contribution is 0.0549. The van der Waals surface area contributed by atoms with Gasteiger partial charge in [0.1, 0.15) is 12.4 Å². The van der Waals surface area contributed by atoms with Gasteiger partial charge in [-0.2, -0.15) is 0 Å². The summed E-state index contributed by atoms with van der Waals surface area (Å²) in [5.41, 5.74) is 7.19. The van der Waals surface area contributed by atoms with Gasteiger partial charge in [0.25, 0.3) is 0 Å². The average Bonchev–Trinajstić information content (AvgIpc) is 2.36. The minimum atomic E-state index is 0.194. The molecule has 1 aromatic rings. The van der Waals surface area contributed by atoms with Crippen LogP contribution >= 0.6 is 31.9 Å². The van der Waals surface area contributed by atoms with Crippen LogP contribution in [-0.4, -0.2) is 25.4 Å². The highest BCUT2D eigenvalue weighted by Gasteiger charge is 2.11. The van der Waals surface area contributed by atoms with Gasteiger partial charge < -0.3 is 15.2 Å². The fourth-order valence-corrected chi connectivity index (χ4v) is 3.25. The van der Waals surface area contributed by atoms with E-state index in [2.05, 4.69) is 50.9 Å². The van der Waals surface area contributed by atoms with Gasteiger partial charge in [0.05, 0.1) is 21.7 Å². The molecule has 0 spiro atoms. The van der Waals surface area contributed by atoms with Gasteiger partial charge in [-0.15, -0.1) is 0 Å². The molecular weight excluding hydrogens is 386 g/mol. The SMILES string of the molecule is CCC(N)Cc1cc(Br)c(OCCOC(C)C)c(Br)c1. The van der Waals surface area contributed by atoms with Crippen molar-refractivity contribution in [2.24, 2.45) is 5.73 Å². The smallest absolute Gasteiger partial charge is 0.147 e. The van der Waals surface area contributed by atoms with Crippen LogP contribution < -0.4 is 10.5 Å². The molecule has 0 aliphatic carbocycles. The van der Waals surface area contributed by atoms with Crippen LogP contribution in [0.1, 0.15) is 32.8 Å². The Labute approximate surface area is 138 Å². The maximum Gasteiger partial charge on any atom is 0.147 e. The highest BCUT2D eigenvalue weighted by Crippen LogP contribution is 2.35. The molecule has 0 amide bonds. The molecule has 0 aromatic heterocycles. The van der Waals surface area contributed by atoms with Crippen LogP contribution in [0.5, 0.6) is 5.75 Å². The molecule has 0 bridgehead atoms. The number of hydrogen-bond donors (Lipinski definition) is 1. The number of nitrogens with two attached hydrogens (primary N) is 1. The lowest BCUT2D eigenvalue weighted by Gasteiger charge is -2.15. The third-order valence-electron chi connectivity index (χ3n) is 2.86.